The fourth-order valence-electron chi connectivity index (χ4n) is 3.18. The smallest absolute Gasteiger partial charge is 0.331 e. The van der Waals surface area contributed by atoms with E-state index in [0.29, 0.717) is 10.3 Å². The average molecular weight is 300 g/mol. The molecule has 1 aromatic carbocycles. The van der Waals surface area contributed by atoms with Crippen molar-refractivity contribution < 1.29 is 13.2 Å². The maximum atomic E-state index is 12.8. The van der Waals surface area contributed by atoms with E-state index in [-0.39, 0.29) is 5.54 Å². The van der Waals surface area contributed by atoms with Crippen molar-refractivity contribution >= 4 is 23.3 Å². The van der Waals surface area contributed by atoms with Gasteiger partial charge in [0, 0.05) is 5.54 Å². The van der Waals surface area contributed by atoms with Gasteiger partial charge in [-0.05, 0) is 50.2 Å². The summed E-state index contributed by atoms with van der Waals surface area (Å²) in [6.45, 7) is 2.13. The van der Waals surface area contributed by atoms with Crippen LogP contribution in [0.5, 0.6) is 0 Å². The normalized spacial score (nSPS) is 18.8. The molecule has 2 nitrogen and oxygen atoms in total. The number of aromatic nitrogens is 2. The highest BCUT2D eigenvalue weighted by Gasteiger charge is 2.34. The Balaban J connectivity index is 2.20. The monoisotopic (exact) mass is 300 g/mol. The first kappa shape index (κ1) is 13.7. The molecule has 0 bridgehead atoms. The van der Waals surface area contributed by atoms with Crippen LogP contribution in [0.4, 0.5) is 13.2 Å². The third-order valence-electron chi connectivity index (χ3n) is 4.23. The Labute approximate surface area is 119 Å². The molecule has 0 atom stereocenters. The van der Waals surface area contributed by atoms with Crippen LogP contribution in [0.3, 0.4) is 0 Å². The number of hydrogen-bond acceptors (Lipinski definition) is 1. The molecule has 2 aromatic rings. The molecule has 0 spiro atoms. The molecular formula is C14H15F3N2S. The van der Waals surface area contributed by atoms with E-state index in [2.05, 4.69) is 11.9 Å². The van der Waals surface area contributed by atoms with Gasteiger partial charge in [0.1, 0.15) is 0 Å². The van der Waals surface area contributed by atoms with Gasteiger partial charge in [0.2, 0.25) is 0 Å². The van der Waals surface area contributed by atoms with Crippen LogP contribution in [0, 0.1) is 4.77 Å². The van der Waals surface area contributed by atoms with Crippen LogP contribution in [-0.4, -0.2) is 9.55 Å². The van der Waals surface area contributed by atoms with Gasteiger partial charge in [0.05, 0.1) is 16.6 Å². The second-order valence-electron chi connectivity index (χ2n) is 5.70. The number of imidazole rings is 1. The van der Waals surface area contributed by atoms with Gasteiger partial charge < -0.3 is 9.55 Å². The van der Waals surface area contributed by atoms with Gasteiger partial charge >= 0.3 is 6.18 Å². The lowest BCUT2D eigenvalue weighted by Crippen LogP contribution is -2.26. The molecule has 1 saturated carbocycles. The Kier molecular flexibility index (Phi) is 2.97. The molecule has 1 fully saturated rings. The summed E-state index contributed by atoms with van der Waals surface area (Å²) in [5.41, 5.74) is 0.477. The highest BCUT2D eigenvalue weighted by molar-refractivity contribution is 7.71. The molecule has 1 aromatic heterocycles. The van der Waals surface area contributed by atoms with Crippen molar-refractivity contribution in [3.8, 4) is 0 Å². The summed E-state index contributed by atoms with van der Waals surface area (Å²) in [4.78, 5) is 2.92. The van der Waals surface area contributed by atoms with Crippen molar-refractivity contribution in [3.05, 3.63) is 28.5 Å². The lowest BCUT2D eigenvalue weighted by molar-refractivity contribution is -0.137. The van der Waals surface area contributed by atoms with E-state index < -0.39 is 11.7 Å². The summed E-state index contributed by atoms with van der Waals surface area (Å²) in [5, 5.41) is 0. The van der Waals surface area contributed by atoms with Gasteiger partial charge in [0.15, 0.2) is 4.77 Å². The Morgan fingerprint density at radius 2 is 1.90 bits per heavy atom. The third kappa shape index (κ3) is 2.06. The number of nitrogens with zero attached hydrogens (tertiary/aromatic N) is 1. The summed E-state index contributed by atoms with van der Waals surface area (Å²) < 4.78 is 40.8. The lowest BCUT2D eigenvalue weighted by atomic mass is 10.00. The van der Waals surface area contributed by atoms with Crippen molar-refractivity contribution in [2.45, 2.75) is 44.3 Å². The topological polar surface area (TPSA) is 20.7 Å². The van der Waals surface area contributed by atoms with Crippen molar-refractivity contribution in [1.82, 2.24) is 9.55 Å². The Morgan fingerprint density at radius 1 is 1.25 bits per heavy atom. The van der Waals surface area contributed by atoms with Gasteiger partial charge in [-0.15, -0.1) is 0 Å². The molecule has 0 saturated heterocycles. The lowest BCUT2D eigenvalue weighted by Gasteiger charge is -2.26. The van der Waals surface area contributed by atoms with E-state index in [1.54, 1.807) is 0 Å². The van der Waals surface area contributed by atoms with Gasteiger partial charge in [-0.2, -0.15) is 13.2 Å². The average Bonchev–Trinajstić information content (AvgIpc) is 2.90. The summed E-state index contributed by atoms with van der Waals surface area (Å²) >= 11 is 5.32. The van der Waals surface area contributed by atoms with Crippen LogP contribution in [0.1, 0.15) is 38.2 Å². The number of nitrogens with one attached hydrogen (secondary N) is 1. The standard InChI is InChI=1S/C14H15F3N2S/c1-13(6-2-3-7-13)19-11-5-4-9(14(15,16)17)8-10(11)18-12(19)20/h4-5,8H,2-3,6-7H2,1H3,(H,18,20). The number of rotatable bonds is 1. The molecule has 20 heavy (non-hydrogen) atoms. The Hall–Kier alpha value is -1.30. The second-order valence-corrected chi connectivity index (χ2v) is 6.09. The zero-order valence-electron chi connectivity index (χ0n) is 11.0. The summed E-state index contributed by atoms with van der Waals surface area (Å²) in [6, 6.07) is 3.79. The molecule has 6 heteroatoms. The van der Waals surface area contributed by atoms with E-state index in [9.17, 15) is 13.2 Å². The van der Waals surface area contributed by atoms with Crippen LogP contribution in [0.2, 0.25) is 0 Å². The Morgan fingerprint density at radius 3 is 2.50 bits per heavy atom. The maximum absolute atomic E-state index is 12.8. The van der Waals surface area contributed by atoms with Crippen molar-refractivity contribution in [1.29, 1.82) is 0 Å². The number of hydrogen-bond donors (Lipinski definition) is 1. The van der Waals surface area contributed by atoms with Crippen molar-refractivity contribution in [3.63, 3.8) is 0 Å². The zero-order chi connectivity index (χ0) is 14.5. The molecule has 1 N–H and O–H groups in total. The number of fused-ring (bicyclic) bond motifs is 1. The van der Waals surface area contributed by atoms with Gasteiger partial charge in [-0.25, -0.2) is 0 Å². The molecular weight excluding hydrogens is 285 g/mol. The SMILES string of the molecule is CC1(n2c(=S)[nH]c3cc(C(F)(F)F)ccc32)CCCC1. The minimum atomic E-state index is -4.33. The molecule has 1 aliphatic carbocycles. The van der Waals surface area contributed by atoms with E-state index in [4.69, 9.17) is 12.2 Å². The maximum Gasteiger partial charge on any atom is 0.416 e. The minimum Gasteiger partial charge on any atom is -0.331 e. The van der Waals surface area contributed by atoms with E-state index in [0.717, 1.165) is 43.3 Å². The summed E-state index contributed by atoms with van der Waals surface area (Å²) in [7, 11) is 0. The van der Waals surface area contributed by atoms with Crippen LogP contribution >= 0.6 is 12.2 Å². The molecule has 0 unspecified atom stereocenters. The highest BCUT2D eigenvalue weighted by Crippen LogP contribution is 2.39. The van der Waals surface area contributed by atoms with Crippen molar-refractivity contribution in [2.24, 2.45) is 0 Å². The summed E-state index contributed by atoms with van der Waals surface area (Å²) in [5.74, 6) is 0. The largest absolute Gasteiger partial charge is 0.416 e. The van der Waals surface area contributed by atoms with Gasteiger partial charge in [0.25, 0.3) is 0 Å². The molecule has 1 aliphatic rings. The summed E-state index contributed by atoms with van der Waals surface area (Å²) in [6.07, 6.45) is -0.0509. The number of aromatic amines is 1. The predicted molar refractivity (Wildman–Crippen MR) is 74.2 cm³/mol. The van der Waals surface area contributed by atoms with Crippen LogP contribution < -0.4 is 0 Å². The first-order valence-corrected chi connectivity index (χ1v) is 7.05. The molecule has 0 amide bonds. The fourth-order valence-corrected chi connectivity index (χ4v) is 3.61. The van der Waals surface area contributed by atoms with Crippen molar-refractivity contribution in [2.75, 3.05) is 0 Å². The molecule has 3 rings (SSSR count). The first-order valence-electron chi connectivity index (χ1n) is 6.64. The van der Waals surface area contributed by atoms with E-state index in [1.807, 2.05) is 4.57 Å². The highest BCUT2D eigenvalue weighted by atomic mass is 32.1. The van der Waals surface area contributed by atoms with Crippen LogP contribution in [0.15, 0.2) is 18.2 Å². The third-order valence-corrected chi connectivity index (χ3v) is 4.51. The Bertz CT molecular complexity index is 705. The quantitative estimate of drug-likeness (QED) is 0.734. The van der Waals surface area contributed by atoms with Gasteiger partial charge in [-0.3, -0.25) is 0 Å². The molecule has 108 valence electrons. The zero-order valence-corrected chi connectivity index (χ0v) is 11.9. The van der Waals surface area contributed by atoms with Crippen LogP contribution in [-0.2, 0) is 11.7 Å². The minimum absolute atomic E-state index is 0.0882. The first-order chi connectivity index (χ1) is 9.31. The second kappa shape index (κ2) is 4.35. The van der Waals surface area contributed by atoms with E-state index >= 15 is 0 Å². The molecule has 0 aliphatic heterocycles. The molecule has 1 heterocycles. The number of halogens is 3. The number of alkyl halides is 3. The van der Waals surface area contributed by atoms with E-state index in [1.165, 1.54) is 6.07 Å². The van der Waals surface area contributed by atoms with Crippen LogP contribution in [0.25, 0.3) is 11.0 Å². The molecule has 0 radical (unpaired) electrons. The van der Waals surface area contributed by atoms with Gasteiger partial charge in [-0.1, -0.05) is 12.8 Å². The number of H-pyrrole nitrogens is 1. The predicted octanol–water partition coefficient (Wildman–Crippen LogP) is 5.01. The number of benzene rings is 1. The fraction of sp³-hybridized carbons (Fsp3) is 0.500.